The van der Waals surface area contributed by atoms with E-state index in [1.54, 1.807) is 0 Å². The summed E-state index contributed by atoms with van der Waals surface area (Å²) in [4.78, 5) is 25.2. The van der Waals surface area contributed by atoms with Crippen molar-refractivity contribution in [3.8, 4) is 0 Å². The second-order valence-corrected chi connectivity index (χ2v) is 11.9. The second-order valence-electron chi connectivity index (χ2n) is 9.32. The van der Waals surface area contributed by atoms with Crippen LogP contribution >= 0.6 is 0 Å². The van der Waals surface area contributed by atoms with Gasteiger partial charge in [0.1, 0.15) is 6.10 Å². The highest BCUT2D eigenvalue weighted by atomic mass is 32.2. The van der Waals surface area contributed by atoms with Crippen LogP contribution in [0.1, 0.15) is 78.1 Å². The molecule has 2 amide bonds. The van der Waals surface area contributed by atoms with Crippen LogP contribution < -0.4 is 5.32 Å². The number of amides is 2. The smallest absolute Gasteiger partial charge is 0.282 e. The van der Waals surface area contributed by atoms with E-state index in [2.05, 4.69) is 16.6 Å². The maximum Gasteiger partial charge on any atom is 0.282 e. The van der Waals surface area contributed by atoms with Gasteiger partial charge in [-0.05, 0) is 51.4 Å². The van der Waals surface area contributed by atoms with Crippen LogP contribution in [0.15, 0.2) is 4.36 Å². The molecule has 1 aliphatic carbocycles. The predicted octanol–water partition coefficient (Wildman–Crippen LogP) is 3.20. The zero-order valence-electron chi connectivity index (χ0n) is 18.7. The first-order chi connectivity index (χ1) is 14.3. The van der Waals surface area contributed by atoms with Crippen LogP contribution in [0.2, 0.25) is 0 Å². The number of nitrogens with one attached hydrogen (secondary N) is 1. The molecule has 0 aromatic heterocycles. The van der Waals surface area contributed by atoms with Crippen LogP contribution in [0.3, 0.4) is 0 Å². The average molecular weight is 443 g/mol. The Morgan fingerprint density at radius 1 is 1.23 bits per heavy atom. The Morgan fingerprint density at radius 2 is 1.93 bits per heavy atom. The van der Waals surface area contributed by atoms with Gasteiger partial charge in [-0.3, -0.25) is 9.59 Å². The summed E-state index contributed by atoms with van der Waals surface area (Å²) in [5.41, 5.74) is -0.518. The minimum absolute atomic E-state index is 0.103. The molecule has 3 fully saturated rings. The minimum Gasteiger partial charge on any atom is -0.375 e. The van der Waals surface area contributed by atoms with Gasteiger partial charge in [-0.2, -0.15) is 4.36 Å². The van der Waals surface area contributed by atoms with Crippen LogP contribution in [-0.4, -0.2) is 59.0 Å². The van der Waals surface area contributed by atoms with Gasteiger partial charge in [-0.25, -0.2) is 4.21 Å². The van der Waals surface area contributed by atoms with Gasteiger partial charge in [-0.1, -0.05) is 26.7 Å². The Bertz CT molecular complexity index is 737. The largest absolute Gasteiger partial charge is 0.375 e. The number of hydrogen-bond acceptors (Lipinski definition) is 5. The summed E-state index contributed by atoms with van der Waals surface area (Å²) in [5, 5.41) is 3.32. The van der Waals surface area contributed by atoms with Crippen molar-refractivity contribution in [2.24, 2.45) is 9.78 Å². The van der Waals surface area contributed by atoms with Gasteiger partial charge >= 0.3 is 0 Å². The molecular formula is C22H38N2O5S. The molecule has 1 N–H and O–H groups in total. The number of methoxy groups -OCH3 is 1. The van der Waals surface area contributed by atoms with E-state index in [0.29, 0.717) is 37.4 Å². The minimum atomic E-state index is -2.57. The molecule has 0 bridgehead atoms. The van der Waals surface area contributed by atoms with Gasteiger partial charge < -0.3 is 14.8 Å². The molecule has 0 aromatic carbocycles. The van der Waals surface area contributed by atoms with E-state index in [1.165, 1.54) is 7.11 Å². The molecule has 3 rings (SSSR count). The van der Waals surface area contributed by atoms with Gasteiger partial charge in [0, 0.05) is 36.7 Å². The Hall–Kier alpha value is -0.990. The third-order valence-corrected chi connectivity index (χ3v) is 9.49. The fourth-order valence-corrected chi connectivity index (χ4v) is 7.40. The molecule has 1 spiro atoms. The molecule has 3 aliphatic rings. The monoisotopic (exact) mass is 442 g/mol. The van der Waals surface area contributed by atoms with Gasteiger partial charge in [0.2, 0.25) is 5.91 Å². The van der Waals surface area contributed by atoms with Crippen LogP contribution in [0.4, 0.5) is 0 Å². The molecule has 2 saturated heterocycles. The first kappa shape index (κ1) is 23.7. The van der Waals surface area contributed by atoms with E-state index < -0.39 is 21.7 Å². The maximum absolute atomic E-state index is 13.1. The molecule has 2 unspecified atom stereocenters. The average Bonchev–Trinajstić information content (AvgIpc) is 2.68. The van der Waals surface area contributed by atoms with Crippen molar-refractivity contribution in [1.29, 1.82) is 0 Å². The molecule has 1 saturated carbocycles. The zero-order chi connectivity index (χ0) is 21.8. The van der Waals surface area contributed by atoms with E-state index in [-0.39, 0.29) is 23.0 Å². The van der Waals surface area contributed by atoms with Gasteiger partial charge in [0.05, 0.1) is 15.3 Å². The van der Waals surface area contributed by atoms with Gasteiger partial charge in [0.15, 0.2) is 0 Å². The Labute approximate surface area is 181 Å². The lowest BCUT2D eigenvalue weighted by atomic mass is 9.65. The van der Waals surface area contributed by atoms with Crippen molar-refractivity contribution in [2.75, 3.05) is 25.2 Å². The third kappa shape index (κ3) is 5.07. The summed E-state index contributed by atoms with van der Waals surface area (Å²) in [7, 11) is -1.09. The number of hydrogen-bond donors (Lipinski definition) is 1. The molecule has 2 heterocycles. The van der Waals surface area contributed by atoms with E-state index in [0.717, 1.165) is 44.9 Å². The normalized spacial score (nSPS) is 34.0. The lowest BCUT2D eigenvalue weighted by Crippen LogP contribution is -2.55. The van der Waals surface area contributed by atoms with Crippen molar-refractivity contribution in [2.45, 2.75) is 95.8 Å². The molecular weight excluding hydrogens is 404 g/mol. The summed E-state index contributed by atoms with van der Waals surface area (Å²) in [6.07, 6.45) is 7.82. The highest BCUT2D eigenvalue weighted by Crippen LogP contribution is 2.45. The van der Waals surface area contributed by atoms with E-state index in [4.69, 9.17) is 9.47 Å². The molecule has 0 radical (unpaired) electrons. The first-order valence-corrected chi connectivity index (χ1v) is 13.4. The molecule has 7 nitrogen and oxygen atoms in total. The highest BCUT2D eigenvalue weighted by molar-refractivity contribution is 7.93. The fourth-order valence-electron chi connectivity index (χ4n) is 5.18. The quantitative estimate of drug-likeness (QED) is 0.653. The third-order valence-electron chi connectivity index (χ3n) is 7.29. The zero-order valence-corrected chi connectivity index (χ0v) is 19.6. The second kappa shape index (κ2) is 9.65. The number of ether oxygens (including phenoxy) is 2. The summed E-state index contributed by atoms with van der Waals surface area (Å²) in [6, 6.07) is 0.103. The van der Waals surface area contributed by atoms with Crippen molar-refractivity contribution in [1.82, 2.24) is 5.32 Å². The molecule has 30 heavy (non-hydrogen) atoms. The van der Waals surface area contributed by atoms with Crippen molar-refractivity contribution < 1.29 is 23.3 Å². The lowest BCUT2D eigenvalue weighted by Gasteiger charge is -2.46. The topological polar surface area (TPSA) is 94.1 Å². The molecule has 0 aromatic rings. The summed E-state index contributed by atoms with van der Waals surface area (Å²) >= 11 is 0. The lowest BCUT2D eigenvalue weighted by molar-refractivity contribution is -0.141. The number of rotatable bonds is 7. The predicted molar refractivity (Wildman–Crippen MR) is 117 cm³/mol. The summed E-state index contributed by atoms with van der Waals surface area (Å²) in [5.74, 6) is 0.513. The van der Waals surface area contributed by atoms with E-state index >= 15 is 0 Å². The number of nitrogens with zero attached hydrogens (tertiary/aromatic N) is 1. The number of carbonyl (C=O) groups is 2. The molecule has 2 atom stereocenters. The van der Waals surface area contributed by atoms with Crippen molar-refractivity contribution in [3.05, 3.63) is 0 Å². The summed E-state index contributed by atoms with van der Waals surface area (Å²) in [6.45, 7) is 4.59. The van der Waals surface area contributed by atoms with Crippen LogP contribution in [0.25, 0.3) is 0 Å². The van der Waals surface area contributed by atoms with Gasteiger partial charge in [0.25, 0.3) is 5.91 Å². The van der Waals surface area contributed by atoms with E-state index in [9.17, 15) is 13.8 Å². The van der Waals surface area contributed by atoms with Crippen molar-refractivity contribution >= 4 is 21.5 Å². The molecule has 8 heteroatoms. The first-order valence-electron chi connectivity index (χ1n) is 11.5. The fraction of sp³-hybridized carbons (Fsp3) is 0.909. The van der Waals surface area contributed by atoms with Gasteiger partial charge in [-0.15, -0.1) is 0 Å². The van der Waals surface area contributed by atoms with E-state index in [1.807, 2.05) is 6.92 Å². The maximum atomic E-state index is 13.1. The SMILES string of the molecule is CCCC1(C(=O)NC2CCOC3(CCS(=O)(=NC(=O)C(CC)OC)CC3)C2)CCC1. The molecule has 2 aliphatic heterocycles. The standard InChI is InChI=1S/C22H38N2O5S/c1-4-8-21(9-6-10-21)20(26)23-17-7-13-29-22(16-17)11-14-30(27,15-12-22)24-19(25)18(5-2)28-3/h17-18H,4-16H2,1-3H3,(H,23,26). The Balaban J connectivity index is 1.60. The number of carbonyl (C=O) groups excluding carboxylic acids is 2. The van der Waals surface area contributed by atoms with Crippen molar-refractivity contribution in [3.63, 3.8) is 0 Å². The Morgan fingerprint density at radius 3 is 2.47 bits per heavy atom. The summed E-state index contributed by atoms with van der Waals surface area (Å²) < 4.78 is 28.5. The van der Waals surface area contributed by atoms with Crippen LogP contribution in [-0.2, 0) is 28.8 Å². The highest BCUT2D eigenvalue weighted by Gasteiger charge is 2.46. The Kier molecular flexibility index (Phi) is 7.62. The van der Waals surface area contributed by atoms with Crippen LogP contribution in [0.5, 0.6) is 0 Å². The molecule has 172 valence electrons. The van der Waals surface area contributed by atoms with Crippen LogP contribution in [0, 0.1) is 5.41 Å².